The lowest BCUT2D eigenvalue weighted by Crippen LogP contribution is -2.13. The van der Waals surface area contributed by atoms with Crippen LogP contribution in [0.2, 0.25) is 0 Å². The van der Waals surface area contributed by atoms with Crippen LogP contribution in [0.4, 0.5) is 0 Å². The standard InChI is InChI=1S/C33H50N2O2/c1-3-5-7-8-9-10-11-12-14-16-32(36)37-31-25-34-33(35-26-31)30-23-21-29(22-24-30)28-19-17-27(18-20-28)15-13-6-4-2/h21-28H,3-20H2,1-2H3/t27-,28-. The molecule has 0 atom stereocenters. The molecule has 1 heterocycles. The van der Waals surface area contributed by atoms with Gasteiger partial charge in [-0.2, -0.15) is 0 Å². The maximum Gasteiger partial charge on any atom is 0.311 e. The van der Waals surface area contributed by atoms with Crippen LogP contribution >= 0.6 is 0 Å². The summed E-state index contributed by atoms with van der Waals surface area (Å²) in [7, 11) is 0. The van der Waals surface area contributed by atoms with Crippen molar-refractivity contribution in [2.75, 3.05) is 0 Å². The summed E-state index contributed by atoms with van der Waals surface area (Å²) in [6.45, 7) is 4.53. The van der Waals surface area contributed by atoms with E-state index in [0.29, 0.717) is 23.9 Å². The van der Waals surface area contributed by atoms with Crippen LogP contribution in [0.25, 0.3) is 11.4 Å². The topological polar surface area (TPSA) is 52.1 Å². The molecule has 1 saturated carbocycles. The number of carbonyl (C=O) groups excluding carboxylic acids is 1. The number of esters is 1. The predicted molar refractivity (Wildman–Crippen MR) is 154 cm³/mol. The fraction of sp³-hybridized carbons (Fsp3) is 0.667. The van der Waals surface area contributed by atoms with Gasteiger partial charge < -0.3 is 4.74 Å². The van der Waals surface area contributed by atoms with Gasteiger partial charge in [-0.3, -0.25) is 4.79 Å². The summed E-state index contributed by atoms with van der Waals surface area (Å²) >= 11 is 0. The molecule has 4 nitrogen and oxygen atoms in total. The van der Waals surface area contributed by atoms with Crippen molar-refractivity contribution >= 4 is 5.97 Å². The number of aromatic nitrogens is 2. The van der Waals surface area contributed by atoms with Crippen LogP contribution in [0.15, 0.2) is 36.7 Å². The van der Waals surface area contributed by atoms with Gasteiger partial charge in [0.1, 0.15) is 0 Å². The molecule has 0 radical (unpaired) electrons. The Bertz CT molecular complexity index is 870. The van der Waals surface area contributed by atoms with Crippen molar-refractivity contribution in [1.82, 2.24) is 9.97 Å². The Morgan fingerprint density at radius 1 is 0.757 bits per heavy atom. The van der Waals surface area contributed by atoms with Gasteiger partial charge in [-0.05, 0) is 49.5 Å². The highest BCUT2D eigenvalue weighted by molar-refractivity contribution is 5.72. The zero-order valence-corrected chi connectivity index (χ0v) is 23.6. The summed E-state index contributed by atoms with van der Waals surface area (Å²) < 4.78 is 5.45. The molecule has 0 bridgehead atoms. The molecule has 0 saturated heterocycles. The van der Waals surface area contributed by atoms with Gasteiger partial charge in [0.05, 0.1) is 12.4 Å². The van der Waals surface area contributed by atoms with E-state index in [1.807, 2.05) is 0 Å². The minimum Gasteiger partial charge on any atom is -0.423 e. The molecule has 0 unspecified atom stereocenters. The normalized spacial score (nSPS) is 17.6. The third kappa shape index (κ3) is 11.0. The highest BCUT2D eigenvalue weighted by Crippen LogP contribution is 2.38. The Labute approximate surface area is 226 Å². The summed E-state index contributed by atoms with van der Waals surface area (Å²) in [6.07, 6.45) is 25.7. The van der Waals surface area contributed by atoms with E-state index in [1.54, 1.807) is 12.4 Å². The van der Waals surface area contributed by atoms with Gasteiger partial charge in [0, 0.05) is 12.0 Å². The van der Waals surface area contributed by atoms with Crippen molar-refractivity contribution in [3.8, 4) is 17.1 Å². The number of hydrogen-bond acceptors (Lipinski definition) is 4. The molecule has 4 heteroatoms. The van der Waals surface area contributed by atoms with E-state index in [2.05, 4.69) is 48.1 Å². The first-order chi connectivity index (χ1) is 18.2. The van der Waals surface area contributed by atoms with Crippen LogP contribution in [0, 0.1) is 5.92 Å². The van der Waals surface area contributed by atoms with Crippen LogP contribution in [-0.2, 0) is 4.79 Å². The molecule has 2 aromatic rings. The summed E-state index contributed by atoms with van der Waals surface area (Å²) in [4.78, 5) is 21.1. The lowest BCUT2D eigenvalue weighted by molar-refractivity contribution is -0.134. The van der Waals surface area contributed by atoms with Gasteiger partial charge in [-0.1, -0.05) is 115 Å². The van der Waals surface area contributed by atoms with Crippen molar-refractivity contribution in [3.63, 3.8) is 0 Å². The number of unbranched alkanes of at least 4 members (excludes halogenated alkanes) is 10. The summed E-state index contributed by atoms with van der Waals surface area (Å²) in [6, 6.07) is 8.76. The highest BCUT2D eigenvalue weighted by atomic mass is 16.5. The lowest BCUT2D eigenvalue weighted by atomic mass is 9.77. The Hall–Kier alpha value is -2.23. The maximum absolute atomic E-state index is 12.2. The van der Waals surface area contributed by atoms with E-state index < -0.39 is 0 Å². The van der Waals surface area contributed by atoms with Gasteiger partial charge in [-0.15, -0.1) is 0 Å². The Balaban J connectivity index is 1.35. The summed E-state index contributed by atoms with van der Waals surface area (Å²) in [5.41, 5.74) is 2.45. The third-order valence-corrected chi connectivity index (χ3v) is 8.05. The minimum atomic E-state index is -0.191. The number of benzene rings is 1. The SMILES string of the molecule is CCCCCCCCCCCC(=O)Oc1cnc(-c2ccc([C@H]3CC[C@H](CCCCC)CC3)cc2)nc1. The number of nitrogens with zero attached hydrogens (tertiary/aromatic N) is 2. The monoisotopic (exact) mass is 506 g/mol. The molecular formula is C33H50N2O2. The second-order valence-corrected chi connectivity index (χ2v) is 11.1. The molecule has 1 aliphatic carbocycles. The quantitative estimate of drug-likeness (QED) is 0.158. The minimum absolute atomic E-state index is 0.191. The number of rotatable bonds is 17. The van der Waals surface area contributed by atoms with Crippen molar-refractivity contribution in [2.45, 2.75) is 135 Å². The van der Waals surface area contributed by atoms with E-state index in [1.165, 1.54) is 102 Å². The fourth-order valence-electron chi connectivity index (χ4n) is 5.65. The number of ether oxygens (including phenoxy) is 1. The molecular weight excluding hydrogens is 456 g/mol. The van der Waals surface area contributed by atoms with Crippen LogP contribution in [0.1, 0.15) is 141 Å². The summed E-state index contributed by atoms with van der Waals surface area (Å²) in [5, 5.41) is 0. The Morgan fingerprint density at radius 2 is 1.32 bits per heavy atom. The third-order valence-electron chi connectivity index (χ3n) is 8.05. The molecule has 0 N–H and O–H groups in total. The predicted octanol–water partition coefficient (Wildman–Crippen LogP) is 9.82. The molecule has 1 fully saturated rings. The summed E-state index contributed by atoms with van der Waals surface area (Å²) in [5.74, 6) is 2.53. The van der Waals surface area contributed by atoms with Gasteiger partial charge in [0.15, 0.2) is 11.6 Å². The largest absolute Gasteiger partial charge is 0.423 e. The van der Waals surface area contributed by atoms with Crippen LogP contribution in [0.3, 0.4) is 0 Å². The average molecular weight is 507 g/mol. The molecule has 0 aliphatic heterocycles. The second kappa shape index (κ2) is 17.3. The van der Waals surface area contributed by atoms with Crippen LogP contribution < -0.4 is 4.74 Å². The lowest BCUT2D eigenvalue weighted by Gasteiger charge is -2.29. The molecule has 1 aromatic carbocycles. The second-order valence-electron chi connectivity index (χ2n) is 11.1. The van der Waals surface area contributed by atoms with E-state index in [9.17, 15) is 4.79 Å². The van der Waals surface area contributed by atoms with Gasteiger partial charge >= 0.3 is 5.97 Å². The zero-order valence-electron chi connectivity index (χ0n) is 23.6. The Kier molecular flexibility index (Phi) is 13.7. The number of carbonyl (C=O) groups is 1. The fourth-order valence-corrected chi connectivity index (χ4v) is 5.65. The van der Waals surface area contributed by atoms with Gasteiger partial charge in [-0.25, -0.2) is 9.97 Å². The smallest absolute Gasteiger partial charge is 0.311 e. The first kappa shape index (κ1) is 29.3. The molecule has 3 rings (SSSR count). The van der Waals surface area contributed by atoms with Crippen molar-refractivity contribution in [2.24, 2.45) is 5.92 Å². The molecule has 0 amide bonds. The van der Waals surface area contributed by atoms with E-state index >= 15 is 0 Å². The molecule has 0 spiro atoms. The highest BCUT2D eigenvalue weighted by Gasteiger charge is 2.22. The molecule has 204 valence electrons. The molecule has 1 aromatic heterocycles. The number of hydrogen-bond donors (Lipinski definition) is 0. The van der Waals surface area contributed by atoms with Crippen molar-refractivity contribution in [3.05, 3.63) is 42.2 Å². The van der Waals surface area contributed by atoms with E-state index in [-0.39, 0.29) is 5.97 Å². The average Bonchev–Trinajstić information content (AvgIpc) is 2.93. The molecule has 37 heavy (non-hydrogen) atoms. The van der Waals surface area contributed by atoms with E-state index in [0.717, 1.165) is 24.3 Å². The van der Waals surface area contributed by atoms with Crippen LogP contribution in [-0.4, -0.2) is 15.9 Å². The van der Waals surface area contributed by atoms with Crippen molar-refractivity contribution in [1.29, 1.82) is 0 Å². The Morgan fingerprint density at radius 3 is 1.95 bits per heavy atom. The first-order valence-electron chi connectivity index (χ1n) is 15.3. The maximum atomic E-state index is 12.2. The van der Waals surface area contributed by atoms with Gasteiger partial charge in [0.2, 0.25) is 0 Å². The van der Waals surface area contributed by atoms with E-state index in [4.69, 9.17) is 4.74 Å². The van der Waals surface area contributed by atoms with Gasteiger partial charge in [0.25, 0.3) is 0 Å². The molecule has 1 aliphatic rings. The van der Waals surface area contributed by atoms with Crippen LogP contribution in [0.5, 0.6) is 5.75 Å². The first-order valence-corrected chi connectivity index (χ1v) is 15.3. The van der Waals surface area contributed by atoms with Crippen molar-refractivity contribution < 1.29 is 9.53 Å². The zero-order chi connectivity index (χ0) is 26.1.